The minimum absolute atomic E-state index is 0. The maximum atomic E-state index is 10.2. The van der Waals surface area contributed by atoms with Crippen LogP contribution in [0.5, 0.6) is 0 Å². The van der Waals surface area contributed by atoms with Crippen molar-refractivity contribution in [2.45, 2.75) is 185 Å². The Kier molecular flexibility index (Phi) is 30.2. The van der Waals surface area contributed by atoms with E-state index in [1.165, 1.54) is 71.2 Å². The van der Waals surface area contributed by atoms with Crippen molar-refractivity contribution in [3.05, 3.63) is 154 Å². The number of rotatable bonds is 5. The summed E-state index contributed by atoms with van der Waals surface area (Å²) in [5.41, 5.74) is 15.8. The highest BCUT2D eigenvalue weighted by Gasteiger charge is 2.50. The number of allylic oxidation sites excluding steroid dienone is 7. The van der Waals surface area contributed by atoms with E-state index in [-0.39, 0.29) is 37.9 Å². The molecule has 0 bridgehead atoms. The number of hydrogen-bond donors (Lipinski definition) is 2. The first-order valence-corrected chi connectivity index (χ1v) is 41.8. The molecule has 412 valence electrons. The van der Waals surface area contributed by atoms with Gasteiger partial charge in [-0.25, -0.2) is 0 Å². The topological polar surface area (TPSA) is 53.0 Å². The Morgan fingerprint density at radius 1 is 0.733 bits per heavy atom. The van der Waals surface area contributed by atoms with Gasteiger partial charge in [-0.15, -0.1) is 24.0 Å². The maximum absolute atomic E-state index is 10.2. The van der Waals surface area contributed by atoms with Crippen LogP contribution < -0.4 is 0 Å². The van der Waals surface area contributed by atoms with Crippen LogP contribution in [0.4, 0.5) is 0 Å². The van der Waals surface area contributed by atoms with Crippen molar-refractivity contribution in [1.82, 2.24) is 0 Å². The molecule has 6 atom stereocenters. The molecule has 1 aliphatic heterocycles. The van der Waals surface area contributed by atoms with Gasteiger partial charge in [-0.05, 0) is 122 Å². The third kappa shape index (κ3) is 23.2. The van der Waals surface area contributed by atoms with Gasteiger partial charge in [0.25, 0.3) is 0 Å². The summed E-state index contributed by atoms with van der Waals surface area (Å²) in [5.74, 6) is 9.64. The molecule has 1 saturated heterocycles. The smallest absolute Gasteiger partial charge is 0.129 e. The van der Waals surface area contributed by atoms with Crippen molar-refractivity contribution in [2.24, 2.45) is 16.7 Å². The summed E-state index contributed by atoms with van der Waals surface area (Å²) in [5, 5.41) is 23.8. The summed E-state index contributed by atoms with van der Waals surface area (Å²) in [6, 6.07) is 31.8. The second-order valence-corrected chi connectivity index (χ2v) is 44.3. The van der Waals surface area contributed by atoms with Crippen molar-refractivity contribution >= 4 is 84.4 Å². The molecular formula is C64H96O3S5Si3. The normalized spacial score (nSPS) is 22.9. The van der Waals surface area contributed by atoms with Crippen LogP contribution in [0.2, 0.25) is 58.9 Å². The van der Waals surface area contributed by atoms with Gasteiger partial charge in [0.1, 0.15) is 8.07 Å². The lowest BCUT2D eigenvalue weighted by atomic mass is 9.67. The summed E-state index contributed by atoms with van der Waals surface area (Å²) in [7, 11) is -0.0993. The summed E-state index contributed by atoms with van der Waals surface area (Å²) in [6.07, 6.45) is 7.92. The van der Waals surface area contributed by atoms with E-state index >= 15 is 0 Å². The van der Waals surface area contributed by atoms with Crippen molar-refractivity contribution in [3.8, 4) is 23.3 Å². The quantitative estimate of drug-likeness (QED) is 0.115. The fourth-order valence-corrected chi connectivity index (χ4v) is 17.6. The minimum Gasteiger partial charge on any atom is -0.393 e. The van der Waals surface area contributed by atoms with E-state index in [9.17, 15) is 10.2 Å². The molecule has 0 radical (unpaired) electrons. The lowest BCUT2D eigenvalue weighted by Crippen LogP contribution is -2.37. The highest BCUT2D eigenvalue weighted by atomic mass is 33.3. The van der Waals surface area contributed by atoms with Gasteiger partial charge in [0.15, 0.2) is 0 Å². The van der Waals surface area contributed by atoms with E-state index in [0.717, 1.165) is 63.5 Å². The summed E-state index contributed by atoms with van der Waals surface area (Å²) in [6.45, 7) is 43.5. The number of aliphatic hydroxyl groups is 2. The first kappa shape index (κ1) is 70.1. The molecule has 2 N–H and O–H groups in total. The van der Waals surface area contributed by atoms with Crippen molar-refractivity contribution in [1.29, 1.82) is 0 Å². The molecule has 8 rings (SSSR count). The molecule has 4 aliphatic carbocycles. The highest BCUT2D eigenvalue weighted by Crippen LogP contribution is 2.59. The van der Waals surface area contributed by atoms with Crippen molar-refractivity contribution in [2.75, 3.05) is 6.61 Å². The molecule has 2 saturated carbocycles. The van der Waals surface area contributed by atoms with Gasteiger partial charge in [0.2, 0.25) is 0 Å². The maximum Gasteiger partial charge on any atom is 0.129 e. The molecule has 0 amide bonds. The van der Waals surface area contributed by atoms with E-state index in [1.807, 2.05) is 44.2 Å². The van der Waals surface area contributed by atoms with Crippen LogP contribution in [0.3, 0.4) is 0 Å². The Hall–Kier alpha value is -2.89. The van der Waals surface area contributed by atoms with E-state index in [4.69, 9.17) is 4.74 Å². The summed E-state index contributed by atoms with van der Waals surface area (Å²) < 4.78 is 4.95. The minimum atomic E-state index is -1.44. The van der Waals surface area contributed by atoms with Gasteiger partial charge in [-0.1, -0.05) is 207 Å². The van der Waals surface area contributed by atoms with Crippen LogP contribution in [-0.4, -0.2) is 59.4 Å². The molecule has 1 heterocycles. The number of hydrogen-bond acceptors (Lipinski definition) is 5. The number of epoxide rings is 1. The number of aliphatic hydroxyl groups excluding tert-OH is 2. The Morgan fingerprint density at radius 2 is 1.20 bits per heavy atom. The highest BCUT2D eigenvalue weighted by molar-refractivity contribution is 8.59. The first-order valence-electron chi connectivity index (χ1n) is 26.0. The van der Waals surface area contributed by atoms with Gasteiger partial charge >= 0.3 is 0 Å². The monoisotopic (exact) mass is 1160 g/mol. The molecule has 3 nitrogen and oxygen atoms in total. The SMILES string of the molecule is C.C.C=C(C)C.C=C1C(c2ccccc2)=C([Si](C)(C)C)C[C@@]2(C)C[C@@H](O)C[C@H]12.CC1=C2C[C@H](O)C[C@]2(C)CC([Si](C)(C)C)=C1c1ccccc1.CCC#CC[C@H]1CO1.C[Si](C)(C)C#Cc1ccccc1.S=S=S=S=S. The zero-order chi connectivity index (χ0) is 54.8. The molecule has 5 aliphatic rings. The Balaban J connectivity index is 0.000000493. The lowest BCUT2D eigenvalue weighted by Gasteiger charge is -2.44. The average molecular weight is 1160 g/mol. The molecule has 3 aromatic carbocycles. The predicted molar refractivity (Wildman–Crippen MR) is 355 cm³/mol. The molecular weight excluding hydrogens is 1060 g/mol. The molecule has 0 spiro atoms. The Bertz CT molecular complexity index is 2670. The Labute approximate surface area is 480 Å². The molecule has 75 heavy (non-hydrogen) atoms. The number of ether oxygens (including phenoxy) is 1. The fourth-order valence-electron chi connectivity index (χ4n) is 10.3. The lowest BCUT2D eigenvalue weighted by molar-refractivity contribution is 0.163. The van der Waals surface area contributed by atoms with Crippen molar-refractivity contribution < 1.29 is 14.9 Å². The van der Waals surface area contributed by atoms with E-state index in [2.05, 4.69) is 206 Å². The number of fused-ring (bicyclic) bond motifs is 2. The zero-order valence-electron chi connectivity index (χ0n) is 47.1. The summed E-state index contributed by atoms with van der Waals surface area (Å²) >= 11 is 8.89. The second kappa shape index (κ2) is 32.2. The van der Waals surface area contributed by atoms with E-state index in [0.29, 0.717) is 12.0 Å². The third-order valence-corrected chi connectivity index (χ3v) is 23.4. The van der Waals surface area contributed by atoms with Crippen LogP contribution in [0.1, 0.15) is 124 Å². The Morgan fingerprint density at radius 3 is 1.63 bits per heavy atom. The van der Waals surface area contributed by atoms with Gasteiger partial charge in [0.05, 0.1) is 41.1 Å². The predicted octanol–water partition coefficient (Wildman–Crippen LogP) is 17.2. The molecule has 0 aromatic heterocycles. The average Bonchev–Trinajstić information content (AvgIpc) is 4.00. The van der Waals surface area contributed by atoms with Crippen LogP contribution in [0.25, 0.3) is 11.1 Å². The summed E-state index contributed by atoms with van der Waals surface area (Å²) in [4.78, 5) is 0. The molecule has 11 heteroatoms. The van der Waals surface area contributed by atoms with E-state index in [1.54, 1.807) is 10.4 Å². The molecule has 0 unspecified atom stereocenters. The van der Waals surface area contributed by atoms with Gasteiger partial charge in [-0.3, -0.25) is 0 Å². The largest absolute Gasteiger partial charge is 0.393 e. The van der Waals surface area contributed by atoms with Crippen LogP contribution in [0.15, 0.2) is 137 Å². The zero-order valence-corrected chi connectivity index (χ0v) is 54.2. The van der Waals surface area contributed by atoms with Gasteiger partial charge in [-0.2, -0.15) is 0 Å². The van der Waals surface area contributed by atoms with E-state index < -0.39 is 24.2 Å². The van der Waals surface area contributed by atoms with Gasteiger partial charge < -0.3 is 14.9 Å². The van der Waals surface area contributed by atoms with Crippen LogP contribution >= 0.6 is 0 Å². The molecule has 3 fully saturated rings. The second-order valence-electron chi connectivity index (χ2n) is 24.0. The number of benzene rings is 3. The fraction of sp³-hybridized carbons (Fsp3) is 0.500. The van der Waals surface area contributed by atoms with Crippen LogP contribution in [0, 0.1) is 40.1 Å². The first-order chi connectivity index (χ1) is 34.1. The third-order valence-electron chi connectivity index (χ3n) is 13.6. The van der Waals surface area contributed by atoms with Crippen molar-refractivity contribution in [3.63, 3.8) is 0 Å². The van der Waals surface area contributed by atoms with Crippen LogP contribution in [-0.2, 0) is 53.8 Å². The molecule has 3 aromatic rings. The standard InChI is InChI=1S/2C20H28OSi.C11H14Si.C7H10O.C4H8.2CH4.S5/c2*1-14-17-11-16(21)12-20(17,2)13-18(22(3,4)5)19(14)15-9-7-6-8-10-15;1-12(2,3)10-9-11-7-5-4-6-8-11;1-2-3-4-5-7-6-8-7;1-4(2)3;;;1-3-5-4-2/h6-10,16,21H,11-13H2,1-5H3;6-10,16-17,21H,1,11-13H2,2-5H3;4-8H,1-3H3;7H,2,5-6H2,1H3;1H2,2-3H3;2*1H4;/t16-,20+;16-,17+,20+;;7-;;;;/m00.0..../s1. The van der Waals surface area contributed by atoms with Gasteiger partial charge in [0, 0.05) is 67.4 Å².